The predicted octanol–water partition coefficient (Wildman–Crippen LogP) is 4.69. The number of amides is 2. The third-order valence-corrected chi connectivity index (χ3v) is 4.90. The lowest BCUT2D eigenvalue weighted by atomic mass is 10.1. The monoisotopic (exact) mass is 432 g/mol. The van der Waals surface area contributed by atoms with E-state index >= 15 is 0 Å². The number of carbonyl (C=O) groups excluding carboxylic acids is 2. The van der Waals surface area contributed by atoms with Crippen LogP contribution in [-0.2, 0) is 0 Å². The summed E-state index contributed by atoms with van der Waals surface area (Å²) in [6, 6.07) is 19.9. The second-order valence-electron chi connectivity index (χ2n) is 6.98. The summed E-state index contributed by atoms with van der Waals surface area (Å²) in [5, 5.41) is 6.61. The quantitative estimate of drug-likeness (QED) is 0.401. The Bertz CT molecular complexity index is 1110. The Morgan fingerprint density at radius 3 is 2.34 bits per heavy atom. The van der Waals surface area contributed by atoms with Crippen molar-refractivity contribution in [3.8, 4) is 0 Å². The van der Waals surface area contributed by atoms with Gasteiger partial charge in [-0.1, -0.05) is 30.3 Å². The summed E-state index contributed by atoms with van der Waals surface area (Å²) < 4.78 is 13.8. The lowest BCUT2D eigenvalue weighted by Crippen LogP contribution is -2.21. The highest BCUT2D eigenvalue weighted by Crippen LogP contribution is 2.15. The summed E-state index contributed by atoms with van der Waals surface area (Å²) in [4.78, 5) is 26.9. The summed E-state index contributed by atoms with van der Waals surface area (Å²) >= 11 is 0. The molecular formula is C25H25FN4O2. The van der Waals surface area contributed by atoms with E-state index in [1.165, 1.54) is 24.3 Å². The second kappa shape index (κ2) is 10.9. The average molecular weight is 432 g/mol. The zero-order valence-corrected chi connectivity index (χ0v) is 18.0. The first-order valence-electron chi connectivity index (χ1n) is 10.4. The van der Waals surface area contributed by atoms with E-state index in [0.717, 1.165) is 24.3 Å². The fourth-order valence-electron chi connectivity index (χ4n) is 3.17. The van der Waals surface area contributed by atoms with Gasteiger partial charge in [-0.2, -0.15) is 5.10 Å². The van der Waals surface area contributed by atoms with Crippen LogP contribution in [0, 0.1) is 5.82 Å². The highest BCUT2D eigenvalue weighted by Gasteiger charge is 2.12. The first kappa shape index (κ1) is 22.7. The van der Waals surface area contributed by atoms with Gasteiger partial charge in [-0.05, 0) is 61.9 Å². The van der Waals surface area contributed by atoms with E-state index in [1.807, 2.05) is 24.3 Å². The van der Waals surface area contributed by atoms with Crippen molar-refractivity contribution >= 4 is 29.4 Å². The van der Waals surface area contributed by atoms with Gasteiger partial charge in [0.05, 0.1) is 11.8 Å². The number of hydrogen-bond donors (Lipinski definition) is 2. The molecule has 2 N–H and O–H groups in total. The van der Waals surface area contributed by atoms with Gasteiger partial charge < -0.3 is 10.2 Å². The van der Waals surface area contributed by atoms with E-state index < -0.39 is 17.6 Å². The summed E-state index contributed by atoms with van der Waals surface area (Å²) in [5.41, 5.74) is 5.08. The van der Waals surface area contributed by atoms with E-state index in [-0.39, 0.29) is 5.56 Å². The number of carbonyl (C=O) groups is 2. The maximum atomic E-state index is 13.8. The molecule has 0 aliphatic carbocycles. The smallest absolute Gasteiger partial charge is 0.271 e. The molecule has 3 aromatic carbocycles. The Hall–Kier alpha value is -4.00. The maximum absolute atomic E-state index is 13.8. The molecule has 0 aromatic heterocycles. The fourth-order valence-corrected chi connectivity index (χ4v) is 3.17. The standard InChI is InChI=1S/C25H25FN4O2/c1-3-30(4-2)21-14-12-18(13-15-21)17-27-29-24(31)19-8-7-9-20(16-19)28-25(32)22-10-5-6-11-23(22)26/h5-17H,3-4H2,1-2H3,(H,28,32)(H,29,31)/b27-17+. The van der Waals surface area contributed by atoms with Crippen molar-refractivity contribution < 1.29 is 14.0 Å². The van der Waals surface area contributed by atoms with E-state index in [2.05, 4.69) is 34.6 Å². The van der Waals surface area contributed by atoms with Crippen LogP contribution in [0.5, 0.6) is 0 Å². The van der Waals surface area contributed by atoms with E-state index in [0.29, 0.717) is 11.3 Å². The molecule has 0 aliphatic rings. The van der Waals surface area contributed by atoms with Crippen LogP contribution in [0.15, 0.2) is 77.9 Å². The van der Waals surface area contributed by atoms with Crippen molar-refractivity contribution in [2.45, 2.75) is 13.8 Å². The molecule has 0 spiro atoms. The van der Waals surface area contributed by atoms with Crippen molar-refractivity contribution in [1.29, 1.82) is 0 Å². The second-order valence-corrected chi connectivity index (χ2v) is 6.98. The van der Waals surface area contributed by atoms with Gasteiger partial charge in [0.15, 0.2) is 0 Å². The molecule has 32 heavy (non-hydrogen) atoms. The van der Waals surface area contributed by atoms with E-state index in [1.54, 1.807) is 30.5 Å². The number of halogens is 1. The van der Waals surface area contributed by atoms with Crippen LogP contribution in [-0.4, -0.2) is 31.1 Å². The molecule has 3 aromatic rings. The minimum absolute atomic E-state index is 0.0704. The number of benzene rings is 3. The molecule has 0 heterocycles. The van der Waals surface area contributed by atoms with E-state index in [4.69, 9.17) is 0 Å². The number of rotatable bonds is 8. The number of hydrazone groups is 1. The Balaban J connectivity index is 1.61. The number of nitrogens with zero attached hydrogens (tertiary/aromatic N) is 2. The number of hydrogen-bond acceptors (Lipinski definition) is 4. The van der Waals surface area contributed by atoms with Crippen LogP contribution in [0.2, 0.25) is 0 Å². The molecule has 3 rings (SSSR count). The molecule has 6 nitrogen and oxygen atoms in total. The fraction of sp³-hybridized carbons (Fsp3) is 0.160. The van der Waals surface area contributed by atoms with Crippen LogP contribution >= 0.6 is 0 Å². The Morgan fingerprint density at radius 2 is 1.66 bits per heavy atom. The first-order valence-corrected chi connectivity index (χ1v) is 10.4. The molecule has 0 atom stereocenters. The van der Waals surface area contributed by atoms with Crippen molar-refractivity contribution in [3.63, 3.8) is 0 Å². The molecule has 0 radical (unpaired) electrons. The molecule has 0 fully saturated rings. The summed E-state index contributed by atoms with van der Waals surface area (Å²) in [7, 11) is 0. The normalized spacial score (nSPS) is 10.7. The van der Waals surface area contributed by atoms with Crippen LogP contribution in [0.25, 0.3) is 0 Å². The predicted molar refractivity (Wildman–Crippen MR) is 126 cm³/mol. The number of anilines is 2. The largest absolute Gasteiger partial charge is 0.372 e. The molecule has 0 saturated carbocycles. The van der Waals surface area contributed by atoms with Crippen LogP contribution < -0.4 is 15.6 Å². The molecule has 7 heteroatoms. The van der Waals surface area contributed by atoms with Crippen molar-refractivity contribution in [1.82, 2.24) is 5.43 Å². The van der Waals surface area contributed by atoms with Gasteiger partial charge in [0.1, 0.15) is 5.82 Å². The lowest BCUT2D eigenvalue weighted by Gasteiger charge is -2.20. The Kier molecular flexibility index (Phi) is 7.70. The molecular weight excluding hydrogens is 407 g/mol. The molecule has 0 bridgehead atoms. The molecule has 0 unspecified atom stereocenters. The molecule has 0 aliphatic heterocycles. The SMILES string of the molecule is CCN(CC)c1ccc(/C=N/NC(=O)c2cccc(NC(=O)c3ccccc3F)c2)cc1. The molecule has 164 valence electrons. The Labute approximate surface area is 186 Å². The zero-order chi connectivity index (χ0) is 22.9. The van der Waals surface area contributed by atoms with Crippen molar-refractivity contribution in [3.05, 3.63) is 95.3 Å². The van der Waals surface area contributed by atoms with Crippen molar-refractivity contribution in [2.24, 2.45) is 5.10 Å². The highest BCUT2D eigenvalue weighted by atomic mass is 19.1. The van der Waals surface area contributed by atoms with Gasteiger partial charge in [0.2, 0.25) is 0 Å². The topological polar surface area (TPSA) is 73.8 Å². The third-order valence-electron chi connectivity index (χ3n) is 4.90. The number of nitrogens with one attached hydrogen (secondary N) is 2. The van der Waals surface area contributed by atoms with Gasteiger partial charge in [-0.25, -0.2) is 9.82 Å². The Morgan fingerprint density at radius 1 is 0.938 bits per heavy atom. The van der Waals surface area contributed by atoms with Gasteiger partial charge >= 0.3 is 0 Å². The lowest BCUT2D eigenvalue weighted by molar-refractivity contribution is 0.0953. The molecule has 0 saturated heterocycles. The van der Waals surface area contributed by atoms with Crippen molar-refractivity contribution in [2.75, 3.05) is 23.3 Å². The first-order chi connectivity index (χ1) is 15.5. The molecule has 2 amide bonds. The summed E-state index contributed by atoms with van der Waals surface area (Å²) in [6.45, 7) is 6.07. The van der Waals surface area contributed by atoms with Gasteiger partial charge in [0, 0.05) is 30.0 Å². The highest BCUT2D eigenvalue weighted by molar-refractivity contribution is 6.05. The van der Waals surface area contributed by atoms with Gasteiger partial charge in [-0.3, -0.25) is 9.59 Å². The van der Waals surface area contributed by atoms with Crippen LogP contribution in [0.3, 0.4) is 0 Å². The zero-order valence-electron chi connectivity index (χ0n) is 18.0. The summed E-state index contributed by atoms with van der Waals surface area (Å²) in [5.74, 6) is -1.63. The van der Waals surface area contributed by atoms with Crippen LogP contribution in [0.4, 0.5) is 15.8 Å². The van der Waals surface area contributed by atoms with Gasteiger partial charge in [-0.15, -0.1) is 0 Å². The summed E-state index contributed by atoms with van der Waals surface area (Å²) in [6.07, 6.45) is 1.56. The minimum Gasteiger partial charge on any atom is -0.372 e. The maximum Gasteiger partial charge on any atom is 0.271 e. The van der Waals surface area contributed by atoms with Gasteiger partial charge in [0.25, 0.3) is 11.8 Å². The third kappa shape index (κ3) is 5.78. The average Bonchev–Trinajstić information content (AvgIpc) is 2.81. The van der Waals surface area contributed by atoms with Crippen LogP contribution in [0.1, 0.15) is 40.1 Å². The minimum atomic E-state index is -0.613. The van der Waals surface area contributed by atoms with E-state index in [9.17, 15) is 14.0 Å².